The third-order valence-corrected chi connectivity index (χ3v) is 3.87. The van der Waals surface area contributed by atoms with Crippen molar-refractivity contribution in [2.45, 2.75) is 26.0 Å². The van der Waals surface area contributed by atoms with Crippen LogP contribution in [0.4, 0.5) is 4.39 Å². The number of ether oxygens (including phenoxy) is 1. The van der Waals surface area contributed by atoms with E-state index in [0.717, 1.165) is 11.1 Å². The number of benzene rings is 2. The van der Waals surface area contributed by atoms with Gasteiger partial charge in [0.15, 0.2) is 6.10 Å². The van der Waals surface area contributed by atoms with Crippen LogP contribution in [0.15, 0.2) is 59.3 Å². The van der Waals surface area contributed by atoms with E-state index in [-0.39, 0.29) is 17.8 Å². The lowest BCUT2D eigenvalue weighted by molar-refractivity contribution is -0.127. The van der Waals surface area contributed by atoms with E-state index < -0.39 is 6.10 Å². The molecule has 0 saturated heterocycles. The zero-order chi connectivity index (χ0) is 18.5. The Morgan fingerprint density at radius 2 is 1.81 bits per heavy atom. The molecule has 0 aliphatic heterocycles. The normalized spacial score (nSPS) is 13.0. The van der Waals surface area contributed by atoms with Crippen molar-refractivity contribution in [1.29, 1.82) is 0 Å². The first-order valence-electron chi connectivity index (χ1n) is 8.12. The van der Waals surface area contributed by atoms with E-state index in [2.05, 4.69) is 15.5 Å². The van der Waals surface area contributed by atoms with Crippen LogP contribution in [-0.4, -0.2) is 22.2 Å². The number of nitrogens with one attached hydrogen (secondary N) is 1. The van der Waals surface area contributed by atoms with Crippen LogP contribution in [0.3, 0.4) is 0 Å². The molecule has 3 aromatic rings. The van der Waals surface area contributed by atoms with Crippen molar-refractivity contribution in [3.05, 3.63) is 66.3 Å². The quantitative estimate of drug-likeness (QED) is 0.732. The van der Waals surface area contributed by atoms with Gasteiger partial charge in [-0.2, -0.15) is 0 Å². The van der Waals surface area contributed by atoms with Crippen LogP contribution < -0.4 is 10.1 Å². The van der Waals surface area contributed by atoms with Crippen molar-refractivity contribution in [1.82, 2.24) is 15.5 Å². The van der Waals surface area contributed by atoms with Crippen LogP contribution in [0.2, 0.25) is 0 Å². The molecule has 1 aromatic heterocycles. The summed E-state index contributed by atoms with van der Waals surface area (Å²) in [4.78, 5) is 12.3. The first kappa shape index (κ1) is 17.6. The fraction of sp³-hybridized carbons (Fsp3) is 0.211. The molecule has 0 aliphatic carbocycles. The van der Waals surface area contributed by atoms with Crippen LogP contribution in [0.25, 0.3) is 11.5 Å². The maximum absolute atomic E-state index is 13.0. The lowest BCUT2D eigenvalue weighted by atomic mass is 10.1. The topological polar surface area (TPSA) is 77.2 Å². The van der Waals surface area contributed by atoms with Crippen molar-refractivity contribution < 1.29 is 18.3 Å². The SMILES string of the molecule is C[C@H](Oc1ccc(-c2nnco2)cc1)C(=O)N[C@H](C)c1ccc(F)cc1. The van der Waals surface area contributed by atoms with Gasteiger partial charge in [0.1, 0.15) is 11.6 Å². The van der Waals surface area contributed by atoms with Crippen molar-refractivity contribution in [2.24, 2.45) is 0 Å². The molecule has 0 saturated carbocycles. The first-order chi connectivity index (χ1) is 12.5. The van der Waals surface area contributed by atoms with Gasteiger partial charge in [0.05, 0.1) is 6.04 Å². The monoisotopic (exact) mass is 355 g/mol. The minimum absolute atomic E-state index is 0.256. The van der Waals surface area contributed by atoms with Gasteiger partial charge in [-0.3, -0.25) is 4.79 Å². The third-order valence-electron chi connectivity index (χ3n) is 3.87. The Morgan fingerprint density at radius 3 is 2.42 bits per heavy atom. The van der Waals surface area contributed by atoms with Crippen LogP contribution in [0.5, 0.6) is 5.75 Å². The van der Waals surface area contributed by atoms with Gasteiger partial charge >= 0.3 is 0 Å². The van der Waals surface area contributed by atoms with E-state index in [1.165, 1.54) is 18.5 Å². The second-order valence-corrected chi connectivity index (χ2v) is 5.81. The molecular formula is C19H18FN3O3. The third kappa shape index (κ3) is 4.24. The van der Waals surface area contributed by atoms with E-state index in [1.807, 2.05) is 6.92 Å². The molecular weight excluding hydrogens is 337 g/mol. The number of aromatic nitrogens is 2. The first-order valence-corrected chi connectivity index (χ1v) is 8.12. The summed E-state index contributed by atoms with van der Waals surface area (Å²) in [7, 11) is 0. The Morgan fingerprint density at radius 1 is 1.12 bits per heavy atom. The molecule has 0 radical (unpaired) electrons. The van der Waals surface area contributed by atoms with Crippen molar-refractivity contribution in [3.8, 4) is 17.2 Å². The number of nitrogens with zero attached hydrogens (tertiary/aromatic N) is 2. The average Bonchev–Trinajstić information content (AvgIpc) is 3.17. The maximum atomic E-state index is 13.0. The molecule has 1 heterocycles. The highest BCUT2D eigenvalue weighted by Gasteiger charge is 2.18. The molecule has 0 fully saturated rings. The van der Waals surface area contributed by atoms with E-state index in [4.69, 9.17) is 9.15 Å². The molecule has 134 valence electrons. The predicted octanol–water partition coefficient (Wildman–Crippen LogP) is 3.52. The fourth-order valence-electron chi connectivity index (χ4n) is 2.40. The number of carbonyl (C=O) groups is 1. The largest absolute Gasteiger partial charge is 0.481 e. The molecule has 26 heavy (non-hydrogen) atoms. The minimum atomic E-state index is -0.688. The van der Waals surface area contributed by atoms with Crippen LogP contribution >= 0.6 is 0 Å². The molecule has 1 amide bonds. The van der Waals surface area contributed by atoms with E-state index in [0.29, 0.717) is 11.6 Å². The number of carbonyl (C=O) groups excluding carboxylic acids is 1. The van der Waals surface area contributed by atoms with Gasteiger partial charge in [0.2, 0.25) is 12.3 Å². The summed E-state index contributed by atoms with van der Waals surface area (Å²) in [6, 6.07) is 12.8. The molecule has 0 aliphatic rings. The van der Waals surface area contributed by atoms with Crippen molar-refractivity contribution in [3.63, 3.8) is 0 Å². The summed E-state index contributed by atoms with van der Waals surface area (Å²) in [5.74, 6) is 0.386. The standard InChI is InChI=1S/C19H18FN3O3/c1-12(14-3-7-16(20)8-4-14)22-18(24)13(2)26-17-9-5-15(6-10-17)19-23-21-11-25-19/h3-13H,1-2H3,(H,22,24)/t12-,13+/m1/s1. The number of hydrogen-bond donors (Lipinski definition) is 1. The zero-order valence-corrected chi connectivity index (χ0v) is 14.3. The summed E-state index contributed by atoms with van der Waals surface area (Å²) in [5, 5.41) is 10.3. The van der Waals surface area contributed by atoms with Crippen molar-refractivity contribution >= 4 is 5.91 Å². The van der Waals surface area contributed by atoms with E-state index in [9.17, 15) is 9.18 Å². The number of rotatable bonds is 6. The Bertz CT molecular complexity index is 849. The van der Waals surface area contributed by atoms with Crippen LogP contribution in [0, 0.1) is 5.82 Å². The molecule has 7 heteroatoms. The smallest absolute Gasteiger partial charge is 0.261 e. The van der Waals surface area contributed by atoms with Gasteiger partial charge in [0, 0.05) is 5.56 Å². The average molecular weight is 355 g/mol. The molecule has 6 nitrogen and oxygen atoms in total. The van der Waals surface area contributed by atoms with E-state index >= 15 is 0 Å². The van der Waals surface area contributed by atoms with Gasteiger partial charge in [-0.1, -0.05) is 12.1 Å². The number of halogens is 1. The highest BCUT2D eigenvalue weighted by molar-refractivity contribution is 5.81. The van der Waals surface area contributed by atoms with Crippen LogP contribution in [-0.2, 0) is 4.79 Å². The van der Waals surface area contributed by atoms with Gasteiger partial charge < -0.3 is 14.5 Å². The lowest BCUT2D eigenvalue weighted by Gasteiger charge is -2.19. The summed E-state index contributed by atoms with van der Waals surface area (Å²) in [6.45, 7) is 3.50. The molecule has 0 unspecified atom stereocenters. The molecule has 1 N–H and O–H groups in total. The van der Waals surface area contributed by atoms with Crippen LogP contribution in [0.1, 0.15) is 25.5 Å². The Kier molecular flexibility index (Phi) is 5.26. The zero-order valence-electron chi connectivity index (χ0n) is 14.3. The molecule has 0 bridgehead atoms. The molecule has 2 atom stereocenters. The van der Waals surface area contributed by atoms with Crippen molar-refractivity contribution in [2.75, 3.05) is 0 Å². The molecule has 3 rings (SSSR count). The van der Waals surface area contributed by atoms with Gasteiger partial charge in [-0.25, -0.2) is 4.39 Å². The Hall–Kier alpha value is -3.22. The number of amides is 1. The number of hydrogen-bond acceptors (Lipinski definition) is 5. The fourth-order valence-corrected chi connectivity index (χ4v) is 2.40. The Balaban J connectivity index is 1.57. The minimum Gasteiger partial charge on any atom is -0.481 e. The summed E-state index contributed by atoms with van der Waals surface area (Å²) < 4.78 is 23.8. The second kappa shape index (κ2) is 7.77. The lowest BCUT2D eigenvalue weighted by Crippen LogP contribution is -2.37. The maximum Gasteiger partial charge on any atom is 0.261 e. The predicted molar refractivity (Wildman–Crippen MR) is 92.8 cm³/mol. The second-order valence-electron chi connectivity index (χ2n) is 5.81. The van der Waals surface area contributed by atoms with Gasteiger partial charge in [-0.05, 0) is 55.8 Å². The summed E-state index contributed by atoms with van der Waals surface area (Å²) >= 11 is 0. The molecule has 0 spiro atoms. The summed E-state index contributed by atoms with van der Waals surface area (Å²) in [5.41, 5.74) is 1.58. The summed E-state index contributed by atoms with van der Waals surface area (Å²) in [6.07, 6.45) is 0.571. The molecule has 2 aromatic carbocycles. The highest BCUT2D eigenvalue weighted by atomic mass is 19.1. The Labute approximate surface area is 150 Å². The highest BCUT2D eigenvalue weighted by Crippen LogP contribution is 2.21. The van der Waals surface area contributed by atoms with Gasteiger partial charge in [-0.15, -0.1) is 10.2 Å². The van der Waals surface area contributed by atoms with E-state index in [1.54, 1.807) is 43.3 Å². The van der Waals surface area contributed by atoms with Gasteiger partial charge in [0.25, 0.3) is 5.91 Å².